The predicted molar refractivity (Wildman–Crippen MR) is 121 cm³/mol. The average molecular weight is 446 g/mol. The summed E-state index contributed by atoms with van der Waals surface area (Å²) in [7, 11) is -4.24. The highest BCUT2D eigenvalue weighted by Gasteiger charge is 2.08. The number of fused-ring (bicyclic) bond motifs is 1. The fraction of sp³-hybridized carbons (Fsp3) is 0.0435. The van der Waals surface area contributed by atoms with Crippen LogP contribution in [-0.2, 0) is 10.1 Å². The minimum atomic E-state index is -4.24. The first-order valence-electron chi connectivity index (χ1n) is 9.54. The molecule has 0 bridgehead atoms. The number of nitrogens with zero attached hydrogens (tertiary/aromatic N) is 4. The Balaban J connectivity index is 1.55. The minimum absolute atomic E-state index is 0.0514. The molecule has 4 aromatic rings. The summed E-state index contributed by atoms with van der Waals surface area (Å²) in [5.41, 5.74) is 2.85. The van der Waals surface area contributed by atoms with Gasteiger partial charge in [-0.05, 0) is 66.4 Å². The van der Waals surface area contributed by atoms with E-state index in [1.165, 1.54) is 24.3 Å². The third kappa shape index (κ3) is 4.69. The summed E-state index contributed by atoms with van der Waals surface area (Å²) in [5.74, 6) is 0.0514. The Bertz CT molecular complexity index is 1460. The number of hydrogen-bond donors (Lipinski definition) is 2. The van der Waals surface area contributed by atoms with Crippen LogP contribution in [0.1, 0.15) is 5.56 Å². The maximum atomic E-state index is 11.1. The van der Waals surface area contributed by atoms with Gasteiger partial charge >= 0.3 is 0 Å². The Morgan fingerprint density at radius 1 is 0.750 bits per heavy atom. The van der Waals surface area contributed by atoms with Crippen LogP contribution in [0.4, 0.5) is 22.7 Å². The molecule has 0 radical (unpaired) electrons. The smallest absolute Gasteiger partial charge is 0.294 e. The van der Waals surface area contributed by atoms with Gasteiger partial charge in [-0.2, -0.15) is 23.8 Å². The Kier molecular flexibility index (Phi) is 5.76. The van der Waals surface area contributed by atoms with E-state index in [1.54, 1.807) is 24.3 Å². The average Bonchev–Trinajstić information content (AvgIpc) is 2.78. The number of rotatable bonds is 5. The van der Waals surface area contributed by atoms with Crippen molar-refractivity contribution in [2.45, 2.75) is 11.8 Å². The van der Waals surface area contributed by atoms with E-state index in [0.717, 1.165) is 16.3 Å². The fourth-order valence-electron chi connectivity index (χ4n) is 3.07. The summed E-state index contributed by atoms with van der Waals surface area (Å²) in [4.78, 5) is -0.209. The van der Waals surface area contributed by atoms with E-state index < -0.39 is 10.1 Å². The van der Waals surface area contributed by atoms with Gasteiger partial charge in [0.05, 0.1) is 22.0 Å². The van der Waals surface area contributed by atoms with Crippen molar-refractivity contribution in [3.8, 4) is 5.75 Å². The Hall–Kier alpha value is -3.95. The van der Waals surface area contributed by atoms with Gasteiger partial charge in [0.15, 0.2) is 0 Å². The maximum Gasteiger partial charge on any atom is 0.294 e. The van der Waals surface area contributed by atoms with Crippen molar-refractivity contribution in [3.05, 3.63) is 84.4 Å². The fourth-order valence-corrected chi connectivity index (χ4v) is 3.55. The molecule has 160 valence electrons. The highest BCUT2D eigenvalue weighted by Crippen LogP contribution is 2.36. The zero-order chi connectivity index (χ0) is 22.7. The highest BCUT2D eigenvalue weighted by molar-refractivity contribution is 7.85. The highest BCUT2D eigenvalue weighted by atomic mass is 32.2. The topological polar surface area (TPSA) is 124 Å². The van der Waals surface area contributed by atoms with Crippen molar-refractivity contribution in [2.75, 3.05) is 0 Å². The van der Waals surface area contributed by atoms with Crippen molar-refractivity contribution in [3.63, 3.8) is 0 Å². The van der Waals surface area contributed by atoms with E-state index in [9.17, 15) is 13.5 Å². The van der Waals surface area contributed by atoms with Crippen LogP contribution in [0.2, 0.25) is 0 Å². The van der Waals surface area contributed by atoms with Crippen molar-refractivity contribution in [1.82, 2.24) is 0 Å². The zero-order valence-electron chi connectivity index (χ0n) is 16.9. The molecule has 0 aromatic heterocycles. The van der Waals surface area contributed by atoms with Gasteiger partial charge in [0, 0.05) is 5.39 Å². The summed E-state index contributed by atoms with van der Waals surface area (Å²) in [6, 6.07) is 21.7. The van der Waals surface area contributed by atoms with Gasteiger partial charge in [-0.15, -0.1) is 5.11 Å². The molecular weight excluding hydrogens is 428 g/mol. The summed E-state index contributed by atoms with van der Waals surface area (Å²) in [5, 5.41) is 28.7. The van der Waals surface area contributed by atoms with Crippen LogP contribution in [0.25, 0.3) is 10.8 Å². The molecule has 0 saturated heterocycles. The van der Waals surface area contributed by atoms with Crippen LogP contribution in [0, 0.1) is 6.92 Å². The molecule has 0 amide bonds. The van der Waals surface area contributed by atoms with E-state index in [1.807, 2.05) is 37.3 Å². The van der Waals surface area contributed by atoms with E-state index >= 15 is 0 Å². The Labute approximate surface area is 184 Å². The van der Waals surface area contributed by atoms with Gasteiger partial charge in [0.25, 0.3) is 10.1 Å². The third-order valence-corrected chi connectivity index (χ3v) is 5.60. The molecule has 0 heterocycles. The Morgan fingerprint density at radius 3 is 2.16 bits per heavy atom. The molecule has 0 spiro atoms. The van der Waals surface area contributed by atoms with E-state index in [2.05, 4.69) is 20.5 Å². The molecule has 0 saturated carbocycles. The van der Waals surface area contributed by atoms with Crippen LogP contribution >= 0.6 is 0 Å². The second-order valence-electron chi connectivity index (χ2n) is 6.99. The first kappa shape index (κ1) is 21.3. The molecule has 32 heavy (non-hydrogen) atoms. The minimum Gasteiger partial charge on any atom is -0.506 e. The van der Waals surface area contributed by atoms with E-state index in [0.29, 0.717) is 22.7 Å². The number of aromatic hydroxyl groups is 1. The van der Waals surface area contributed by atoms with Crippen molar-refractivity contribution >= 4 is 43.6 Å². The number of azo groups is 2. The van der Waals surface area contributed by atoms with Gasteiger partial charge in [0.2, 0.25) is 0 Å². The van der Waals surface area contributed by atoms with Crippen LogP contribution < -0.4 is 0 Å². The van der Waals surface area contributed by atoms with Gasteiger partial charge < -0.3 is 5.11 Å². The zero-order valence-corrected chi connectivity index (χ0v) is 17.7. The number of hydrogen-bond acceptors (Lipinski definition) is 7. The molecule has 8 nitrogen and oxygen atoms in total. The van der Waals surface area contributed by atoms with E-state index in [-0.39, 0.29) is 10.6 Å². The number of benzene rings is 4. The van der Waals surface area contributed by atoms with Gasteiger partial charge in [-0.25, -0.2) is 0 Å². The lowest BCUT2D eigenvalue weighted by Crippen LogP contribution is -1.96. The van der Waals surface area contributed by atoms with Crippen molar-refractivity contribution in [1.29, 1.82) is 0 Å². The molecule has 9 heteroatoms. The molecular formula is C23H18N4O4S. The lowest BCUT2D eigenvalue weighted by Gasteiger charge is -2.04. The van der Waals surface area contributed by atoms with Crippen LogP contribution in [0.3, 0.4) is 0 Å². The van der Waals surface area contributed by atoms with Crippen LogP contribution in [-0.4, -0.2) is 18.1 Å². The molecule has 0 unspecified atom stereocenters. The van der Waals surface area contributed by atoms with Gasteiger partial charge in [-0.1, -0.05) is 30.3 Å². The lowest BCUT2D eigenvalue weighted by atomic mass is 10.1. The molecule has 0 aliphatic heterocycles. The normalized spacial score (nSPS) is 12.2. The molecule has 0 atom stereocenters. The van der Waals surface area contributed by atoms with Gasteiger partial charge in [0.1, 0.15) is 11.4 Å². The lowest BCUT2D eigenvalue weighted by molar-refractivity contribution is 0.477. The predicted octanol–water partition coefficient (Wildman–Crippen LogP) is 6.93. The standard InChI is InChI=1S/C23H18N4O4S/c1-15-14-18(25-24-17-7-10-19(11-8-17)32(29,30)31)9-12-21(15)26-27-23-20-5-3-2-4-16(20)6-13-22(23)28/h2-14,28H,1H3,(H,29,30,31). The largest absolute Gasteiger partial charge is 0.506 e. The summed E-state index contributed by atoms with van der Waals surface area (Å²) in [6.45, 7) is 1.86. The van der Waals surface area contributed by atoms with Crippen LogP contribution in [0.15, 0.2) is 104 Å². The number of phenols is 1. The third-order valence-electron chi connectivity index (χ3n) is 4.73. The number of phenolic OH excluding ortho intramolecular Hbond substituents is 1. The number of aryl methyl sites for hydroxylation is 1. The molecule has 2 N–H and O–H groups in total. The monoisotopic (exact) mass is 446 g/mol. The van der Waals surface area contributed by atoms with Crippen molar-refractivity contribution in [2.24, 2.45) is 20.5 Å². The van der Waals surface area contributed by atoms with Crippen molar-refractivity contribution < 1.29 is 18.1 Å². The molecule has 4 rings (SSSR count). The quantitative estimate of drug-likeness (QED) is 0.255. The first-order chi connectivity index (χ1) is 15.3. The second-order valence-corrected chi connectivity index (χ2v) is 8.42. The summed E-state index contributed by atoms with van der Waals surface area (Å²) >= 11 is 0. The molecule has 0 fully saturated rings. The molecule has 4 aromatic carbocycles. The Morgan fingerprint density at radius 2 is 1.44 bits per heavy atom. The second kappa shape index (κ2) is 8.66. The van der Waals surface area contributed by atoms with Crippen LogP contribution in [0.5, 0.6) is 5.75 Å². The molecule has 0 aliphatic rings. The SMILES string of the molecule is Cc1cc(N=Nc2ccc(S(=O)(=O)O)cc2)ccc1N=Nc1c(O)ccc2ccccc12. The molecule has 0 aliphatic carbocycles. The summed E-state index contributed by atoms with van der Waals surface area (Å²) < 4.78 is 31.2. The van der Waals surface area contributed by atoms with E-state index in [4.69, 9.17) is 4.55 Å². The first-order valence-corrected chi connectivity index (χ1v) is 11.0. The maximum absolute atomic E-state index is 11.1. The van der Waals surface area contributed by atoms with Gasteiger partial charge in [-0.3, -0.25) is 4.55 Å². The summed E-state index contributed by atoms with van der Waals surface area (Å²) in [6.07, 6.45) is 0.